The first kappa shape index (κ1) is 23.1. The molecule has 4 rings (SSSR count). The minimum Gasteiger partial charge on any atom is -0.490 e. The van der Waals surface area contributed by atoms with Gasteiger partial charge in [-0.3, -0.25) is 29.8 Å². The first-order valence-corrected chi connectivity index (χ1v) is 10.5. The van der Waals surface area contributed by atoms with Gasteiger partial charge in [-0.2, -0.15) is 5.10 Å². The van der Waals surface area contributed by atoms with Gasteiger partial charge in [-0.1, -0.05) is 0 Å². The Labute approximate surface area is 193 Å². The molecule has 0 aromatic carbocycles. The van der Waals surface area contributed by atoms with Crippen molar-refractivity contribution in [2.75, 3.05) is 20.3 Å². The standard InChI is InChI=1S/C23H24FN7O3/c1-14(21(25)31-13-15(8-19(24)22(31)26)16-10-28-29(2)12-16)30-5-4-20-18(23(30)32)9-17(11-27-20)34-7-6-33-3/h4-5,8-14,25-26H,6-7H2,1-3H3/t14-/m1/s1. The Kier molecular flexibility index (Phi) is 6.37. The van der Waals surface area contributed by atoms with Crippen molar-refractivity contribution in [2.45, 2.75) is 13.0 Å². The van der Waals surface area contributed by atoms with Gasteiger partial charge in [-0.25, -0.2) is 4.39 Å². The lowest BCUT2D eigenvalue weighted by Crippen LogP contribution is -2.36. The zero-order valence-electron chi connectivity index (χ0n) is 18.9. The summed E-state index contributed by atoms with van der Waals surface area (Å²) in [5, 5.41) is 21.2. The maximum Gasteiger partial charge on any atom is 0.260 e. The summed E-state index contributed by atoms with van der Waals surface area (Å²) in [7, 11) is 3.31. The van der Waals surface area contributed by atoms with Crippen LogP contribution in [0.25, 0.3) is 22.0 Å². The highest BCUT2D eigenvalue weighted by Gasteiger charge is 2.19. The van der Waals surface area contributed by atoms with E-state index in [9.17, 15) is 9.18 Å². The molecule has 0 saturated carbocycles. The van der Waals surface area contributed by atoms with Crippen molar-refractivity contribution >= 4 is 16.7 Å². The third kappa shape index (κ3) is 4.37. The van der Waals surface area contributed by atoms with Crippen molar-refractivity contribution in [1.82, 2.24) is 23.9 Å². The number of halogens is 1. The number of nitrogens with one attached hydrogen (secondary N) is 2. The number of nitrogens with zero attached hydrogens (tertiary/aromatic N) is 5. The molecule has 11 heteroatoms. The van der Waals surface area contributed by atoms with Crippen LogP contribution in [0.2, 0.25) is 0 Å². The molecule has 10 nitrogen and oxygen atoms in total. The molecule has 2 N–H and O–H groups in total. The van der Waals surface area contributed by atoms with Crippen molar-refractivity contribution in [2.24, 2.45) is 7.05 Å². The van der Waals surface area contributed by atoms with Crippen LogP contribution in [-0.2, 0) is 11.8 Å². The van der Waals surface area contributed by atoms with Crippen LogP contribution in [0.4, 0.5) is 4.39 Å². The highest BCUT2D eigenvalue weighted by Crippen LogP contribution is 2.20. The van der Waals surface area contributed by atoms with E-state index < -0.39 is 17.3 Å². The zero-order chi connectivity index (χ0) is 24.4. The van der Waals surface area contributed by atoms with Crippen LogP contribution in [0.5, 0.6) is 5.75 Å². The summed E-state index contributed by atoms with van der Waals surface area (Å²) in [5.41, 5.74) is 0.735. The van der Waals surface area contributed by atoms with Crippen LogP contribution in [0, 0.1) is 16.6 Å². The van der Waals surface area contributed by atoms with Crippen LogP contribution in [0.15, 0.2) is 54.0 Å². The predicted octanol–water partition coefficient (Wildman–Crippen LogP) is 2.33. The maximum absolute atomic E-state index is 14.6. The highest BCUT2D eigenvalue weighted by molar-refractivity contribution is 5.86. The van der Waals surface area contributed by atoms with Crippen molar-refractivity contribution < 1.29 is 13.9 Å². The molecule has 0 bridgehead atoms. The number of pyridine rings is 3. The molecule has 0 unspecified atom stereocenters. The molecule has 0 radical (unpaired) electrons. The largest absolute Gasteiger partial charge is 0.490 e. The van der Waals surface area contributed by atoms with E-state index in [0.29, 0.717) is 41.0 Å². The fourth-order valence-corrected chi connectivity index (χ4v) is 3.56. The molecule has 0 fully saturated rings. The van der Waals surface area contributed by atoms with Gasteiger partial charge in [0, 0.05) is 43.9 Å². The van der Waals surface area contributed by atoms with Gasteiger partial charge in [0.15, 0.2) is 11.3 Å². The lowest BCUT2D eigenvalue weighted by Gasteiger charge is -2.19. The van der Waals surface area contributed by atoms with Crippen LogP contribution in [-0.4, -0.2) is 50.1 Å². The van der Waals surface area contributed by atoms with E-state index in [0.717, 1.165) is 4.57 Å². The molecular formula is C23H24FN7O3. The Bertz CT molecular complexity index is 1490. The van der Waals surface area contributed by atoms with E-state index in [1.54, 1.807) is 50.3 Å². The number of hydrogen-bond acceptors (Lipinski definition) is 7. The minimum absolute atomic E-state index is 0.142. The quantitative estimate of drug-likeness (QED) is 0.246. The summed E-state index contributed by atoms with van der Waals surface area (Å²) in [6.45, 7) is 2.35. The summed E-state index contributed by atoms with van der Waals surface area (Å²) >= 11 is 0. The lowest BCUT2D eigenvalue weighted by atomic mass is 10.1. The van der Waals surface area contributed by atoms with Crippen LogP contribution in [0.1, 0.15) is 13.0 Å². The van der Waals surface area contributed by atoms with Gasteiger partial charge >= 0.3 is 0 Å². The Hall–Kier alpha value is -4.12. The molecule has 0 spiro atoms. The number of rotatable bonds is 7. The molecule has 176 valence electrons. The summed E-state index contributed by atoms with van der Waals surface area (Å²) in [5.74, 6) is -0.501. The number of aromatic nitrogens is 5. The molecule has 4 heterocycles. The van der Waals surface area contributed by atoms with Gasteiger partial charge in [-0.15, -0.1) is 0 Å². The first-order chi connectivity index (χ1) is 16.3. The molecule has 0 aliphatic heterocycles. The zero-order valence-corrected chi connectivity index (χ0v) is 18.9. The average Bonchev–Trinajstić information content (AvgIpc) is 3.27. The third-order valence-corrected chi connectivity index (χ3v) is 5.44. The van der Waals surface area contributed by atoms with E-state index in [-0.39, 0.29) is 11.4 Å². The molecule has 0 aliphatic rings. The van der Waals surface area contributed by atoms with E-state index in [4.69, 9.17) is 20.3 Å². The fourth-order valence-electron chi connectivity index (χ4n) is 3.56. The Morgan fingerprint density at radius 2 is 2.00 bits per heavy atom. The molecule has 0 amide bonds. The average molecular weight is 465 g/mol. The van der Waals surface area contributed by atoms with Crippen molar-refractivity contribution in [1.29, 1.82) is 10.8 Å². The summed E-state index contributed by atoms with van der Waals surface area (Å²) in [6, 6.07) is 3.69. The first-order valence-electron chi connectivity index (χ1n) is 10.5. The minimum atomic E-state index is -0.799. The molecule has 34 heavy (non-hydrogen) atoms. The van der Waals surface area contributed by atoms with Crippen molar-refractivity contribution in [3.8, 4) is 16.9 Å². The number of aryl methyl sites for hydroxylation is 1. The number of ether oxygens (including phenoxy) is 2. The van der Waals surface area contributed by atoms with Gasteiger partial charge in [0.25, 0.3) is 5.56 Å². The molecular weight excluding hydrogens is 441 g/mol. The van der Waals surface area contributed by atoms with Gasteiger partial charge in [0.05, 0.1) is 35.9 Å². The third-order valence-electron chi connectivity index (χ3n) is 5.44. The van der Waals surface area contributed by atoms with Gasteiger partial charge in [-0.05, 0) is 25.1 Å². The second-order valence-corrected chi connectivity index (χ2v) is 7.73. The van der Waals surface area contributed by atoms with E-state index >= 15 is 0 Å². The fraction of sp³-hybridized carbons (Fsp3) is 0.261. The topological polar surface area (TPSA) is 124 Å². The summed E-state index contributed by atoms with van der Waals surface area (Å²) in [4.78, 5) is 17.5. The number of hydrogen-bond donors (Lipinski definition) is 2. The van der Waals surface area contributed by atoms with E-state index in [2.05, 4.69) is 10.1 Å². The lowest BCUT2D eigenvalue weighted by molar-refractivity contribution is 0.146. The van der Waals surface area contributed by atoms with Gasteiger partial charge in [0.2, 0.25) is 0 Å². The number of fused-ring (bicyclic) bond motifs is 1. The van der Waals surface area contributed by atoms with Gasteiger partial charge in [0.1, 0.15) is 18.2 Å². The smallest absolute Gasteiger partial charge is 0.260 e. The Morgan fingerprint density at radius 1 is 1.21 bits per heavy atom. The Balaban J connectivity index is 1.72. The van der Waals surface area contributed by atoms with E-state index in [1.165, 1.54) is 29.2 Å². The second kappa shape index (κ2) is 9.40. The van der Waals surface area contributed by atoms with Crippen LogP contribution >= 0.6 is 0 Å². The second-order valence-electron chi connectivity index (χ2n) is 7.73. The van der Waals surface area contributed by atoms with E-state index in [1.807, 2.05) is 0 Å². The molecule has 4 aromatic heterocycles. The van der Waals surface area contributed by atoms with Crippen molar-refractivity contribution in [3.63, 3.8) is 0 Å². The maximum atomic E-state index is 14.6. The summed E-state index contributed by atoms with van der Waals surface area (Å²) < 4.78 is 29.2. The Morgan fingerprint density at radius 3 is 2.71 bits per heavy atom. The monoisotopic (exact) mass is 465 g/mol. The van der Waals surface area contributed by atoms with Gasteiger partial charge < -0.3 is 14.0 Å². The molecule has 4 aromatic rings. The SMILES string of the molecule is COCCOc1cnc2ccn([C@H](C)C(=N)n3cc(-c4cnn(C)c4)cc(F)c3=N)c(=O)c2c1. The predicted molar refractivity (Wildman–Crippen MR) is 124 cm³/mol. The van der Waals surface area contributed by atoms with Crippen LogP contribution < -0.4 is 15.8 Å². The van der Waals surface area contributed by atoms with Crippen LogP contribution in [0.3, 0.4) is 0 Å². The normalized spacial score (nSPS) is 12.1. The number of methoxy groups -OCH3 is 1. The van der Waals surface area contributed by atoms with Crippen molar-refractivity contribution in [3.05, 3.63) is 70.8 Å². The molecule has 0 saturated heterocycles. The molecule has 0 aliphatic carbocycles. The highest BCUT2D eigenvalue weighted by atomic mass is 19.1. The summed E-state index contributed by atoms with van der Waals surface area (Å²) in [6.07, 6.45) is 7.85. The molecule has 1 atom stereocenters.